The van der Waals surface area contributed by atoms with Crippen molar-refractivity contribution < 1.29 is 0 Å². The van der Waals surface area contributed by atoms with Gasteiger partial charge in [0.15, 0.2) is 0 Å². The van der Waals surface area contributed by atoms with Crippen LogP contribution in [0.3, 0.4) is 0 Å². The van der Waals surface area contributed by atoms with Crippen LogP contribution in [0.25, 0.3) is 10.8 Å². The van der Waals surface area contributed by atoms with E-state index in [1.54, 1.807) is 12.3 Å². The minimum Gasteiger partial charge on any atom is -0.329 e. The number of hydrogen-bond donors (Lipinski definition) is 1. The van der Waals surface area contributed by atoms with Crippen LogP contribution in [0.2, 0.25) is 0 Å². The van der Waals surface area contributed by atoms with Crippen LogP contribution in [-0.2, 0) is 0 Å². The van der Waals surface area contributed by atoms with E-state index in [1.807, 2.05) is 18.2 Å². The normalized spacial score (nSPS) is 9.77. The zero-order valence-electron chi connectivity index (χ0n) is 6.87. The predicted molar refractivity (Wildman–Crippen MR) is 52.5 cm³/mol. The third-order valence-corrected chi connectivity index (χ3v) is 1.96. The third-order valence-electron chi connectivity index (χ3n) is 1.96. The van der Waals surface area contributed by atoms with Gasteiger partial charge in [0, 0.05) is 11.8 Å². The molecule has 1 heterocycles. The maximum atomic E-state index is 11.4. The summed E-state index contributed by atoms with van der Waals surface area (Å²) >= 11 is 0. The molecule has 0 aliphatic rings. The van der Waals surface area contributed by atoms with Gasteiger partial charge in [-0.25, -0.2) is 0 Å². The van der Waals surface area contributed by atoms with Crippen LogP contribution in [0.4, 0.5) is 0 Å². The first-order valence-electron chi connectivity index (χ1n) is 3.90. The molecule has 0 saturated heterocycles. The average Bonchev–Trinajstić information content (AvgIpc) is 2.17. The summed E-state index contributed by atoms with van der Waals surface area (Å²) in [5, 5.41) is 1.46. The molecule has 0 unspecified atom stereocenters. The third kappa shape index (κ3) is 1.11. The number of terminal acetylenes is 1. The molecule has 2 nitrogen and oxygen atoms in total. The first kappa shape index (κ1) is 7.63. The highest BCUT2D eigenvalue weighted by Gasteiger charge is 2.00. The topological polar surface area (TPSA) is 32.9 Å². The van der Waals surface area contributed by atoms with Gasteiger partial charge in [-0.3, -0.25) is 4.79 Å². The molecule has 2 aromatic rings. The molecule has 0 aliphatic carbocycles. The second-order valence-corrected chi connectivity index (χ2v) is 2.72. The summed E-state index contributed by atoms with van der Waals surface area (Å²) in [4.78, 5) is 14.0. The van der Waals surface area contributed by atoms with Gasteiger partial charge >= 0.3 is 0 Å². The molecule has 2 heteroatoms. The lowest BCUT2D eigenvalue weighted by Crippen LogP contribution is -2.05. The van der Waals surface area contributed by atoms with Crippen LogP contribution in [0, 0.1) is 12.3 Å². The zero-order valence-corrected chi connectivity index (χ0v) is 6.87. The minimum absolute atomic E-state index is 0.133. The standard InChI is InChI=1S/C11H7NO/c1-2-8-4-3-5-9-6-7-12-11(13)10(8)9/h1,3-7H,(H,12,13). The highest BCUT2D eigenvalue weighted by Crippen LogP contribution is 2.12. The number of nitrogens with one attached hydrogen (secondary N) is 1. The molecule has 0 atom stereocenters. The van der Waals surface area contributed by atoms with Crippen LogP contribution in [0.5, 0.6) is 0 Å². The van der Waals surface area contributed by atoms with Crippen molar-refractivity contribution in [2.45, 2.75) is 0 Å². The Morgan fingerprint density at radius 1 is 1.31 bits per heavy atom. The molecular weight excluding hydrogens is 162 g/mol. The SMILES string of the molecule is C#Cc1cccc2cc[nH]c(=O)c12. The molecule has 1 aromatic heterocycles. The Kier molecular flexibility index (Phi) is 1.64. The Morgan fingerprint density at radius 2 is 2.15 bits per heavy atom. The van der Waals surface area contributed by atoms with Gasteiger partial charge in [0.1, 0.15) is 0 Å². The number of aromatic nitrogens is 1. The van der Waals surface area contributed by atoms with E-state index in [-0.39, 0.29) is 5.56 Å². The summed E-state index contributed by atoms with van der Waals surface area (Å²) in [6, 6.07) is 7.30. The van der Waals surface area contributed by atoms with Gasteiger partial charge in [0.05, 0.1) is 5.39 Å². The van der Waals surface area contributed by atoms with E-state index < -0.39 is 0 Å². The van der Waals surface area contributed by atoms with E-state index in [1.165, 1.54) is 0 Å². The largest absolute Gasteiger partial charge is 0.329 e. The van der Waals surface area contributed by atoms with Crippen molar-refractivity contribution in [1.82, 2.24) is 4.98 Å². The molecule has 2 rings (SSSR count). The molecule has 0 saturated carbocycles. The molecule has 1 aromatic carbocycles. The number of rotatable bonds is 0. The summed E-state index contributed by atoms with van der Waals surface area (Å²) < 4.78 is 0. The molecule has 0 aliphatic heterocycles. The highest BCUT2D eigenvalue weighted by molar-refractivity contribution is 5.86. The molecule has 0 radical (unpaired) electrons. The Bertz CT molecular complexity index is 541. The van der Waals surface area contributed by atoms with Crippen LogP contribution >= 0.6 is 0 Å². The molecule has 13 heavy (non-hydrogen) atoms. The van der Waals surface area contributed by atoms with Crippen LogP contribution < -0.4 is 5.56 Å². The van der Waals surface area contributed by atoms with Crippen LogP contribution in [-0.4, -0.2) is 4.98 Å². The molecular formula is C11H7NO. The van der Waals surface area contributed by atoms with Gasteiger partial charge in [-0.05, 0) is 17.5 Å². The Hall–Kier alpha value is -2.01. The number of H-pyrrole nitrogens is 1. The van der Waals surface area contributed by atoms with Gasteiger partial charge < -0.3 is 4.98 Å². The highest BCUT2D eigenvalue weighted by atomic mass is 16.1. The van der Waals surface area contributed by atoms with E-state index in [4.69, 9.17) is 6.42 Å². The Labute approximate surface area is 75.2 Å². The van der Waals surface area contributed by atoms with Crippen LogP contribution in [0.15, 0.2) is 35.3 Å². The summed E-state index contributed by atoms with van der Waals surface area (Å²) in [5.41, 5.74) is 0.505. The molecule has 1 N–H and O–H groups in total. The number of hydrogen-bond acceptors (Lipinski definition) is 1. The fraction of sp³-hybridized carbons (Fsp3) is 0. The lowest BCUT2D eigenvalue weighted by atomic mass is 10.1. The minimum atomic E-state index is -0.133. The van der Waals surface area contributed by atoms with Gasteiger partial charge in [-0.1, -0.05) is 18.1 Å². The van der Waals surface area contributed by atoms with Crippen molar-refractivity contribution in [2.24, 2.45) is 0 Å². The van der Waals surface area contributed by atoms with Gasteiger partial charge in [-0.15, -0.1) is 6.42 Å². The van der Waals surface area contributed by atoms with E-state index in [0.29, 0.717) is 10.9 Å². The van der Waals surface area contributed by atoms with Crippen molar-refractivity contribution in [3.63, 3.8) is 0 Å². The van der Waals surface area contributed by atoms with Crippen molar-refractivity contribution >= 4 is 10.8 Å². The monoisotopic (exact) mass is 169 g/mol. The first-order valence-corrected chi connectivity index (χ1v) is 3.90. The number of aromatic amines is 1. The summed E-state index contributed by atoms with van der Waals surface area (Å²) in [5.74, 6) is 2.49. The predicted octanol–water partition coefficient (Wildman–Crippen LogP) is 1.51. The zero-order chi connectivity index (χ0) is 9.26. The summed E-state index contributed by atoms with van der Waals surface area (Å²) in [6.45, 7) is 0. The summed E-state index contributed by atoms with van der Waals surface area (Å²) in [7, 11) is 0. The first-order chi connectivity index (χ1) is 6.33. The Balaban J connectivity index is 3.06. The van der Waals surface area contributed by atoms with E-state index in [0.717, 1.165) is 5.39 Å². The second-order valence-electron chi connectivity index (χ2n) is 2.72. The molecule has 62 valence electrons. The van der Waals surface area contributed by atoms with Gasteiger partial charge in [0.2, 0.25) is 0 Å². The van der Waals surface area contributed by atoms with Crippen molar-refractivity contribution in [3.05, 3.63) is 46.4 Å². The molecule has 0 bridgehead atoms. The fourth-order valence-electron chi connectivity index (χ4n) is 1.36. The molecule has 0 fully saturated rings. The number of pyridine rings is 1. The fourth-order valence-corrected chi connectivity index (χ4v) is 1.36. The second kappa shape index (κ2) is 2.80. The van der Waals surface area contributed by atoms with E-state index >= 15 is 0 Å². The van der Waals surface area contributed by atoms with Crippen molar-refractivity contribution in [1.29, 1.82) is 0 Å². The lowest BCUT2D eigenvalue weighted by Gasteiger charge is -1.97. The van der Waals surface area contributed by atoms with Crippen molar-refractivity contribution in [3.8, 4) is 12.3 Å². The Morgan fingerprint density at radius 3 is 2.92 bits per heavy atom. The maximum absolute atomic E-state index is 11.4. The quantitative estimate of drug-likeness (QED) is 0.596. The molecule has 0 spiro atoms. The summed E-state index contributed by atoms with van der Waals surface area (Å²) in [6.07, 6.45) is 6.90. The lowest BCUT2D eigenvalue weighted by molar-refractivity contribution is 1.27. The van der Waals surface area contributed by atoms with Gasteiger partial charge in [0.25, 0.3) is 5.56 Å². The maximum Gasteiger partial charge on any atom is 0.257 e. The van der Waals surface area contributed by atoms with Crippen molar-refractivity contribution in [2.75, 3.05) is 0 Å². The average molecular weight is 169 g/mol. The van der Waals surface area contributed by atoms with E-state index in [2.05, 4.69) is 10.9 Å². The van der Waals surface area contributed by atoms with Gasteiger partial charge in [-0.2, -0.15) is 0 Å². The van der Waals surface area contributed by atoms with E-state index in [9.17, 15) is 4.79 Å². The number of fused-ring (bicyclic) bond motifs is 1. The van der Waals surface area contributed by atoms with Crippen LogP contribution in [0.1, 0.15) is 5.56 Å². The smallest absolute Gasteiger partial charge is 0.257 e. The number of benzene rings is 1. The molecule has 0 amide bonds.